The number of rotatable bonds is 4. The smallest absolute Gasteiger partial charge is 0.277 e. The molecule has 0 amide bonds. The molecule has 0 heterocycles. The Hall–Kier alpha value is -2.35. The van der Waals surface area contributed by atoms with E-state index >= 15 is 0 Å². The molecule has 0 atom stereocenters. The van der Waals surface area contributed by atoms with Gasteiger partial charge in [0.25, 0.3) is 11.4 Å². The van der Waals surface area contributed by atoms with Crippen molar-refractivity contribution >= 4 is 17.7 Å². The fraction of sp³-hybridized carbons (Fsp3) is 0.300. The van der Waals surface area contributed by atoms with Gasteiger partial charge in [0.15, 0.2) is 6.29 Å². The zero-order chi connectivity index (χ0) is 14.1. The number of carbonyl (C=O) groups is 1. The molecule has 0 fully saturated rings. The van der Waals surface area contributed by atoms with Crippen molar-refractivity contribution < 1.29 is 19.4 Å². The number of hydrogen-bond acceptors (Lipinski definition) is 6. The van der Waals surface area contributed by atoms with Crippen LogP contribution in [0.4, 0.5) is 11.4 Å². The molecule has 0 aliphatic heterocycles. The standard InChI is InChI=1S/C7H4N2O5.C3H8O/c10-4-5-1-6(8(11)12)3-7(2-5)9(13)14;1-3-4-2/h1-4H;3H2,1-2H3. The first-order valence-corrected chi connectivity index (χ1v) is 4.84. The molecule has 0 aliphatic rings. The van der Waals surface area contributed by atoms with E-state index in [-0.39, 0.29) is 5.56 Å². The molecule has 0 N–H and O–H groups in total. The summed E-state index contributed by atoms with van der Waals surface area (Å²) in [5.41, 5.74) is -1.03. The third kappa shape index (κ3) is 5.12. The van der Waals surface area contributed by atoms with Crippen molar-refractivity contribution in [3.8, 4) is 0 Å². The topological polar surface area (TPSA) is 113 Å². The fourth-order valence-electron chi connectivity index (χ4n) is 0.897. The average molecular weight is 256 g/mol. The van der Waals surface area contributed by atoms with Crippen LogP contribution in [0, 0.1) is 20.2 Å². The highest BCUT2D eigenvalue weighted by atomic mass is 16.6. The van der Waals surface area contributed by atoms with E-state index in [1.807, 2.05) is 6.92 Å². The Morgan fingerprint density at radius 2 is 1.56 bits per heavy atom. The molecule has 0 bridgehead atoms. The van der Waals surface area contributed by atoms with Crippen molar-refractivity contribution in [2.75, 3.05) is 13.7 Å². The predicted octanol–water partition coefficient (Wildman–Crippen LogP) is 1.97. The summed E-state index contributed by atoms with van der Waals surface area (Å²) in [5.74, 6) is 0. The lowest BCUT2D eigenvalue weighted by atomic mass is 10.2. The lowest BCUT2D eigenvalue weighted by Crippen LogP contribution is -1.94. The van der Waals surface area contributed by atoms with Crippen LogP contribution >= 0.6 is 0 Å². The van der Waals surface area contributed by atoms with Gasteiger partial charge in [-0.3, -0.25) is 25.0 Å². The monoisotopic (exact) mass is 256 g/mol. The second kappa shape index (κ2) is 7.85. The van der Waals surface area contributed by atoms with Crippen LogP contribution in [-0.4, -0.2) is 29.8 Å². The molecular weight excluding hydrogens is 244 g/mol. The van der Waals surface area contributed by atoms with Crippen molar-refractivity contribution in [1.29, 1.82) is 0 Å². The van der Waals surface area contributed by atoms with Crippen LogP contribution < -0.4 is 0 Å². The zero-order valence-electron chi connectivity index (χ0n) is 9.86. The molecule has 0 unspecified atom stereocenters. The summed E-state index contributed by atoms with van der Waals surface area (Å²) in [5, 5.41) is 20.6. The Labute approximate surface area is 102 Å². The summed E-state index contributed by atoms with van der Waals surface area (Å²) in [6.45, 7) is 2.78. The van der Waals surface area contributed by atoms with Crippen LogP contribution in [0.15, 0.2) is 18.2 Å². The Kier molecular flexibility index (Phi) is 6.82. The quantitative estimate of drug-likeness (QED) is 0.462. The highest BCUT2D eigenvalue weighted by molar-refractivity contribution is 5.77. The third-order valence-corrected chi connectivity index (χ3v) is 1.77. The summed E-state index contributed by atoms with van der Waals surface area (Å²) in [6, 6.07) is 2.74. The van der Waals surface area contributed by atoms with Crippen LogP contribution in [0.5, 0.6) is 0 Å². The molecule has 0 saturated heterocycles. The van der Waals surface area contributed by atoms with E-state index in [2.05, 4.69) is 4.74 Å². The summed E-state index contributed by atoms with van der Waals surface area (Å²) in [6.07, 6.45) is 0.319. The Morgan fingerprint density at radius 3 is 1.78 bits per heavy atom. The SMILES string of the molecule is CCOC.O=Cc1cc([N+](=O)[O-])cc([N+](=O)[O-])c1. The first-order valence-electron chi connectivity index (χ1n) is 4.84. The second-order valence-electron chi connectivity index (χ2n) is 2.99. The number of carbonyl (C=O) groups excluding carboxylic acids is 1. The van der Waals surface area contributed by atoms with Gasteiger partial charge in [-0.1, -0.05) is 0 Å². The number of nitro groups is 2. The van der Waals surface area contributed by atoms with E-state index in [1.165, 1.54) is 0 Å². The van der Waals surface area contributed by atoms with Crippen molar-refractivity contribution in [3.63, 3.8) is 0 Å². The minimum absolute atomic E-state index is 0.0918. The number of aldehydes is 1. The van der Waals surface area contributed by atoms with Gasteiger partial charge in [-0.2, -0.15) is 0 Å². The summed E-state index contributed by atoms with van der Waals surface area (Å²) >= 11 is 0. The number of non-ortho nitro benzene ring substituents is 2. The summed E-state index contributed by atoms with van der Waals surface area (Å²) in [4.78, 5) is 29.3. The number of methoxy groups -OCH3 is 1. The number of nitro benzene ring substituents is 2. The number of hydrogen-bond donors (Lipinski definition) is 0. The van der Waals surface area contributed by atoms with Crippen molar-refractivity contribution in [1.82, 2.24) is 0 Å². The van der Waals surface area contributed by atoms with Crippen LogP contribution in [0.3, 0.4) is 0 Å². The zero-order valence-corrected chi connectivity index (χ0v) is 9.86. The van der Waals surface area contributed by atoms with Crippen molar-refractivity contribution in [2.24, 2.45) is 0 Å². The molecule has 1 rings (SSSR count). The maximum absolute atomic E-state index is 10.3. The van der Waals surface area contributed by atoms with E-state index in [1.54, 1.807) is 7.11 Å². The fourth-order valence-corrected chi connectivity index (χ4v) is 0.897. The van der Waals surface area contributed by atoms with E-state index in [4.69, 9.17) is 0 Å². The lowest BCUT2D eigenvalue weighted by Gasteiger charge is -1.94. The molecule has 1 aromatic rings. The molecule has 0 radical (unpaired) electrons. The van der Waals surface area contributed by atoms with Crippen LogP contribution in [0.25, 0.3) is 0 Å². The molecule has 8 heteroatoms. The van der Waals surface area contributed by atoms with Crippen LogP contribution in [0.2, 0.25) is 0 Å². The van der Waals surface area contributed by atoms with Gasteiger partial charge >= 0.3 is 0 Å². The van der Waals surface area contributed by atoms with E-state index in [9.17, 15) is 25.0 Å². The van der Waals surface area contributed by atoms with Gasteiger partial charge in [-0.15, -0.1) is 0 Å². The Bertz CT molecular complexity index is 412. The highest BCUT2D eigenvalue weighted by Gasteiger charge is 2.15. The Balaban J connectivity index is 0.000000631. The molecule has 1 aromatic carbocycles. The van der Waals surface area contributed by atoms with Gasteiger partial charge in [0, 0.05) is 31.4 Å². The summed E-state index contributed by atoms with van der Waals surface area (Å²) < 4.78 is 4.54. The number of benzene rings is 1. The number of ether oxygens (including phenoxy) is 1. The minimum Gasteiger partial charge on any atom is -0.385 e. The van der Waals surface area contributed by atoms with Crippen molar-refractivity contribution in [2.45, 2.75) is 6.92 Å². The second-order valence-corrected chi connectivity index (χ2v) is 2.99. The van der Waals surface area contributed by atoms with Crippen LogP contribution in [0.1, 0.15) is 17.3 Å². The number of nitrogens with zero attached hydrogens (tertiary/aromatic N) is 2. The lowest BCUT2D eigenvalue weighted by molar-refractivity contribution is -0.394. The molecule has 0 saturated carbocycles. The maximum atomic E-state index is 10.3. The molecular formula is C10H12N2O6. The maximum Gasteiger partial charge on any atom is 0.277 e. The van der Waals surface area contributed by atoms with Gasteiger partial charge < -0.3 is 4.74 Å². The molecule has 18 heavy (non-hydrogen) atoms. The third-order valence-electron chi connectivity index (χ3n) is 1.77. The Morgan fingerprint density at radius 1 is 1.17 bits per heavy atom. The molecule has 0 aliphatic carbocycles. The normalized spacial score (nSPS) is 9.00. The van der Waals surface area contributed by atoms with Gasteiger partial charge in [0.05, 0.1) is 15.9 Å². The van der Waals surface area contributed by atoms with Crippen LogP contribution in [-0.2, 0) is 4.74 Å². The highest BCUT2D eigenvalue weighted by Crippen LogP contribution is 2.21. The van der Waals surface area contributed by atoms with Gasteiger partial charge in [-0.05, 0) is 6.92 Å². The van der Waals surface area contributed by atoms with E-state index in [0.29, 0.717) is 6.29 Å². The van der Waals surface area contributed by atoms with Gasteiger partial charge in [-0.25, -0.2) is 0 Å². The largest absolute Gasteiger partial charge is 0.385 e. The van der Waals surface area contributed by atoms with E-state index < -0.39 is 21.2 Å². The average Bonchev–Trinajstić information content (AvgIpc) is 2.38. The molecule has 8 nitrogen and oxygen atoms in total. The first-order chi connectivity index (χ1) is 8.46. The predicted molar refractivity (Wildman–Crippen MR) is 62.7 cm³/mol. The van der Waals surface area contributed by atoms with Gasteiger partial charge in [0.1, 0.15) is 0 Å². The summed E-state index contributed by atoms with van der Waals surface area (Å²) in [7, 11) is 1.68. The van der Waals surface area contributed by atoms with Gasteiger partial charge in [0.2, 0.25) is 0 Å². The first kappa shape index (κ1) is 15.7. The minimum atomic E-state index is -0.792. The molecule has 0 aromatic heterocycles. The molecule has 98 valence electrons. The van der Waals surface area contributed by atoms with E-state index in [0.717, 1.165) is 24.8 Å². The molecule has 0 spiro atoms. The van der Waals surface area contributed by atoms with Crippen molar-refractivity contribution in [3.05, 3.63) is 44.0 Å².